The third-order valence-corrected chi connectivity index (χ3v) is 5.06. The van der Waals surface area contributed by atoms with Crippen molar-refractivity contribution in [1.82, 2.24) is 20.6 Å². The summed E-state index contributed by atoms with van der Waals surface area (Å²) in [6.45, 7) is 4.27. The first-order valence-electron chi connectivity index (χ1n) is 9.07. The van der Waals surface area contributed by atoms with E-state index >= 15 is 0 Å². The molecular formula is C19H24N4O3. The number of amides is 2. The Labute approximate surface area is 151 Å². The molecule has 138 valence electrons. The van der Waals surface area contributed by atoms with Gasteiger partial charge >= 0.3 is 0 Å². The van der Waals surface area contributed by atoms with Crippen LogP contribution in [0.1, 0.15) is 56.4 Å². The summed E-state index contributed by atoms with van der Waals surface area (Å²) < 4.78 is 1.30. The van der Waals surface area contributed by atoms with E-state index in [0.717, 1.165) is 32.1 Å². The number of aryl methyl sites for hydroxylation is 1. The lowest BCUT2D eigenvalue weighted by Crippen LogP contribution is -2.48. The largest absolute Gasteiger partial charge is 0.290 e. The molecule has 2 amide bonds. The topological polar surface area (TPSA) is 93.1 Å². The van der Waals surface area contributed by atoms with Gasteiger partial charge in [-0.1, -0.05) is 44.9 Å². The van der Waals surface area contributed by atoms with Gasteiger partial charge in [-0.3, -0.25) is 25.2 Å². The Kier molecular flexibility index (Phi) is 5.06. The number of hydrazine groups is 1. The van der Waals surface area contributed by atoms with E-state index < -0.39 is 11.3 Å². The molecule has 0 saturated heterocycles. The quantitative estimate of drug-likeness (QED) is 0.821. The molecule has 3 rings (SSSR count). The molecule has 0 radical (unpaired) electrons. The Morgan fingerprint density at radius 1 is 1.15 bits per heavy atom. The molecule has 1 aromatic carbocycles. The molecular weight excluding hydrogens is 332 g/mol. The third-order valence-electron chi connectivity index (χ3n) is 5.06. The molecule has 2 aromatic rings. The van der Waals surface area contributed by atoms with Crippen molar-refractivity contribution in [2.75, 3.05) is 0 Å². The second-order valence-electron chi connectivity index (χ2n) is 7.10. The van der Waals surface area contributed by atoms with E-state index in [1.165, 1.54) is 4.68 Å². The van der Waals surface area contributed by atoms with Gasteiger partial charge in [0.05, 0.1) is 5.39 Å². The van der Waals surface area contributed by atoms with Gasteiger partial charge in [0, 0.05) is 17.3 Å². The number of carbonyl (C=O) groups is 2. The van der Waals surface area contributed by atoms with Crippen molar-refractivity contribution in [3.05, 3.63) is 40.3 Å². The predicted octanol–water partition coefficient (Wildman–Crippen LogP) is 2.15. The minimum absolute atomic E-state index is 0.130. The maximum atomic E-state index is 12.6. The summed E-state index contributed by atoms with van der Waals surface area (Å²) >= 11 is 0. The van der Waals surface area contributed by atoms with Gasteiger partial charge in [0.25, 0.3) is 11.5 Å². The van der Waals surface area contributed by atoms with Gasteiger partial charge in [-0.05, 0) is 25.3 Å². The summed E-state index contributed by atoms with van der Waals surface area (Å²) in [5, 5.41) is 5.14. The van der Waals surface area contributed by atoms with Crippen molar-refractivity contribution in [1.29, 1.82) is 0 Å². The van der Waals surface area contributed by atoms with Gasteiger partial charge in [0.2, 0.25) is 5.91 Å². The Bertz CT molecular complexity index is 897. The molecule has 1 aromatic heterocycles. The molecule has 2 N–H and O–H groups in total. The Balaban J connectivity index is 1.87. The summed E-state index contributed by atoms with van der Waals surface area (Å²) in [6, 6.07) is 6.88. The fourth-order valence-electron chi connectivity index (χ4n) is 3.47. The van der Waals surface area contributed by atoms with E-state index in [4.69, 9.17) is 0 Å². The molecule has 1 aliphatic rings. The summed E-state index contributed by atoms with van der Waals surface area (Å²) in [5.41, 5.74) is 4.46. The molecule has 1 heterocycles. The molecule has 0 aliphatic heterocycles. The van der Waals surface area contributed by atoms with Crippen LogP contribution in [0.2, 0.25) is 0 Å². The smallest absolute Gasteiger partial charge is 0.273 e. The van der Waals surface area contributed by atoms with Crippen LogP contribution in [0.15, 0.2) is 29.1 Å². The zero-order chi connectivity index (χ0) is 18.7. The molecule has 7 nitrogen and oxygen atoms in total. The van der Waals surface area contributed by atoms with E-state index in [-0.39, 0.29) is 17.2 Å². The number of nitrogens with zero attached hydrogens (tertiary/aromatic N) is 2. The van der Waals surface area contributed by atoms with E-state index in [1.807, 2.05) is 13.8 Å². The number of aromatic nitrogens is 2. The van der Waals surface area contributed by atoms with Crippen molar-refractivity contribution in [3.8, 4) is 0 Å². The van der Waals surface area contributed by atoms with Crippen LogP contribution in [-0.2, 0) is 11.3 Å². The average Bonchev–Trinajstić information content (AvgIpc) is 3.10. The molecule has 0 unspecified atom stereocenters. The molecule has 0 atom stereocenters. The molecule has 1 saturated carbocycles. The first kappa shape index (κ1) is 18.1. The highest BCUT2D eigenvalue weighted by Gasteiger charge is 2.36. The maximum absolute atomic E-state index is 12.6. The summed E-state index contributed by atoms with van der Waals surface area (Å²) in [5.74, 6) is -0.712. The van der Waals surface area contributed by atoms with Crippen molar-refractivity contribution >= 4 is 22.6 Å². The van der Waals surface area contributed by atoms with Crippen molar-refractivity contribution < 1.29 is 9.59 Å². The van der Waals surface area contributed by atoms with E-state index in [1.54, 1.807) is 24.3 Å². The van der Waals surface area contributed by atoms with Crippen molar-refractivity contribution in [2.45, 2.75) is 52.5 Å². The van der Waals surface area contributed by atoms with Crippen LogP contribution in [0.3, 0.4) is 0 Å². The lowest BCUT2D eigenvalue weighted by Gasteiger charge is -2.22. The summed E-state index contributed by atoms with van der Waals surface area (Å²) in [4.78, 5) is 37.5. The van der Waals surface area contributed by atoms with Crippen LogP contribution in [0.25, 0.3) is 10.8 Å². The summed E-state index contributed by atoms with van der Waals surface area (Å²) in [6.07, 6.45) is 4.40. The maximum Gasteiger partial charge on any atom is 0.290 e. The van der Waals surface area contributed by atoms with Crippen LogP contribution in [0.4, 0.5) is 0 Å². The molecule has 26 heavy (non-hydrogen) atoms. The predicted molar refractivity (Wildman–Crippen MR) is 98.5 cm³/mol. The monoisotopic (exact) mass is 356 g/mol. The number of hydrogen-bond donors (Lipinski definition) is 2. The van der Waals surface area contributed by atoms with E-state index in [9.17, 15) is 14.4 Å². The van der Waals surface area contributed by atoms with Crippen LogP contribution >= 0.6 is 0 Å². The molecule has 1 fully saturated rings. The third kappa shape index (κ3) is 3.34. The Morgan fingerprint density at radius 2 is 1.81 bits per heavy atom. The zero-order valence-corrected chi connectivity index (χ0v) is 15.2. The standard InChI is InChI=1S/C19H24N4O3/c1-3-12-23-17(25)14-9-5-4-8-13(14)15(22-23)16(24)20-21-18(26)19(2)10-6-7-11-19/h4-5,8-9H,3,6-7,10-12H2,1-2H3,(H,20,24)(H,21,26). The van der Waals surface area contributed by atoms with Crippen LogP contribution in [0.5, 0.6) is 0 Å². The number of benzene rings is 1. The number of hydrogen-bond acceptors (Lipinski definition) is 4. The van der Waals surface area contributed by atoms with Crippen LogP contribution in [-0.4, -0.2) is 21.6 Å². The van der Waals surface area contributed by atoms with Crippen molar-refractivity contribution in [2.24, 2.45) is 5.41 Å². The SMILES string of the molecule is CCCn1nc(C(=O)NNC(=O)C2(C)CCCC2)c2ccccc2c1=O. The minimum Gasteiger partial charge on any atom is -0.273 e. The normalized spacial score (nSPS) is 15.8. The van der Waals surface area contributed by atoms with Crippen LogP contribution in [0, 0.1) is 5.41 Å². The molecule has 0 spiro atoms. The second kappa shape index (κ2) is 7.27. The van der Waals surface area contributed by atoms with Gasteiger partial charge in [0.15, 0.2) is 5.69 Å². The molecule has 0 bridgehead atoms. The first-order chi connectivity index (χ1) is 12.5. The number of nitrogens with one attached hydrogen (secondary N) is 2. The highest BCUT2D eigenvalue weighted by atomic mass is 16.2. The highest BCUT2D eigenvalue weighted by molar-refractivity contribution is 6.05. The molecule has 1 aliphatic carbocycles. The fourth-order valence-corrected chi connectivity index (χ4v) is 3.47. The van der Waals surface area contributed by atoms with Gasteiger partial charge in [-0.25, -0.2) is 4.68 Å². The number of rotatable bonds is 4. The van der Waals surface area contributed by atoms with E-state index in [0.29, 0.717) is 17.3 Å². The fraction of sp³-hybridized carbons (Fsp3) is 0.474. The first-order valence-corrected chi connectivity index (χ1v) is 9.07. The average molecular weight is 356 g/mol. The van der Waals surface area contributed by atoms with E-state index in [2.05, 4.69) is 16.0 Å². The lowest BCUT2D eigenvalue weighted by atomic mass is 9.88. The van der Waals surface area contributed by atoms with Gasteiger partial charge in [-0.15, -0.1) is 0 Å². The highest BCUT2D eigenvalue weighted by Crippen LogP contribution is 2.37. The lowest BCUT2D eigenvalue weighted by molar-refractivity contribution is -0.130. The van der Waals surface area contributed by atoms with Gasteiger partial charge < -0.3 is 0 Å². The van der Waals surface area contributed by atoms with Crippen molar-refractivity contribution in [3.63, 3.8) is 0 Å². The Hall–Kier alpha value is -2.70. The number of carbonyl (C=O) groups excluding carboxylic acids is 2. The van der Waals surface area contributed by atoms with Gasteiger partial charge in [-0.2, -0.15) is 5.10 Å². The molecule has 7 heteroatoms. The second-order valence-corrected chi connectivity index (χ2v) is 7.10. The minimum atomic E-state index is -0.527. The number of fused-ring (bicyclic) bond motifs is 1. The Morgan fingerprint density at radius 3 is 2.46 bits per heavy atom. The van der Waals surface area contributed by atoms with Crippen LogP contribution < -0.4 is 16.4 Å². The van der Waals surface area contributed by atoms with Gasteiger partial charge in [0.1, 0.15) is 0 Å². The summed E-state index contributed by atoms with van der Waals surface area (Å²) in [7, 11) is 0. The zero-order valence-electron chi connectivity index (χ0n) is 15.2.